The molecule has 2 N–H and O–H groups in total. The molecule has 0 amide bonds. The molecule has 0 heterocycles. The van der Waals surface area contributed by atoms with E-state index in [4.69, 9.17) is 19.7 Å². The van der Waals surface area contributed by atoms with Crippen LogP contribution in [0.1, 0.15) is 154 Å². The van der Waals surface area contributed by atoms with Gasteiger partial charge in [-0.25, -0.2) is 0 Å². The van der Waals surface area contributed by atoms with Gasteiger partial charge >= 0.3 is 35.8 Å². The zero-order chi connectivity index (χ0) is 29.8. The van der Waals surface area contributed by atoms with Crippen LogP contribution in [0.25, 0.3) is 0 Å². The van der Waals surface area contributed by atoms with E-state index < -0.39 is 35.8 Å². The van der Waals surface area contributed by atoms with E-state index in [1.54, 1.807) is 0 Å². The van der Waals surface area contributed by atoms with Gasteiger partial charge in [0.1, 0.15) is 0 Å². The van der Waals surface area contributed by atoms with E-state index in [2.05, 4.69) is 0 Å². The molecule has 0 saturated carbocycles. The Hall–Kier alpha value is -2.78. The lowest BCUT2D eigenvalue weighted by molar-refractivity contribution is -0.162. The number of carbonyl (C=O) groups excluding carboxylic acids is 4. The van der Waals surface area contributed by atoms with Gasteiger partial charge in [0, 0.05) is 38.5 Å². The fraction of sp³-hybridized carbons (Fsp3) is 0.800. The topological polar surface area (TPSA) is 161 Å². The molecule has 40 heavy (non-hydrogen) atoms. The van der Waals surface area contributed by atoms with Gasteiger partial charge in [-0.3, -0.25) is 28.8 Å². The average Bonchev–Trinajstić information content (AvgIpc) is 2.88. The minimum Gasteiger partial charge on any atom is -0.481 e. The van der Waals surface area contributed by atoms with Crippen LogP contribution in [0.3, 0.4) is 0 Å². The fourth-order valence-corrected chi connectivity index (χ4v) is 4.21. The normalized spacial score (nSPS) is 10.7. The number of ether oxygens (including phenoxy) is 2. The minimum absolute atomic E-state index is 0.0222. The van der Waals surface area contributed by atoms with Gasteiger partial charge in [0.2, 0.25) is 0 Å². The third kappa shape index (κ3) is 28.2. The molecule has 10 nitrogen and oxygen atoms in total. The van der Waals surface area contributed by atoms with Crippen LogP contribution in [-0.2, 0) is 38.2 Å². The van der Waals surface area contributed by atoms with Gasteiger partial charge in [0.25, 0.3) is 0 Å². The lowest BCUT2D eigenvalue weighted by Crippen LogP contribution is -2.13. The molecule has 10 heteroatoms. The quantitative estimate of drug-likeness (QED) is 0.0620. The van der Waals surface area contributed by atoms with E-state index in [1.807, 2.05) is 0 Å². The molecule has 0 bridgehead atoms. The van der Waals surface area contributed by atoms with E-state index in [0.29, 0.717) is 38.5 Å². The summed E-state index contributed by atoms with van der Waals surface area (Å²) in [6.45, 7) is 0. The van der Waals surface area contributed by atoms with Crippen molar-refractivity contribution in [1.82, 2.24) is 0 Å². The predicted octanol–water partition coefficient (Wildman–Crippen LogP) is 6.66. The van der Waals surface area contributed by atoms with Crippen LogP contribution in [0.4, 0.5) is 0 Å². The van der Waals surface area contributed by atoms with Crippen LogP contribution in [0, 0.1) is 0 Å². The van der Waals surface area contributed by atoms with Crippen LogP contribution < -0.4 is 0 Å². The van der Waals surface area contributed by atoms with E-state index in [-0.39, 0.29) is 38.5 Å². The van der Waals surface area contributed by atoms with E-state index in [0.717, 1.165) is 77.0 Å². The first kappa shape index (κ1) is 37.2. The van der Waals surface area contributed by atoms with Crippen LogP contribution in [-0.4, -0.2) is 46.0 Å². The average molecular weight is 571 g/mol. The third-order valence-corrected chi connectivity index (χ3v) is 6.51. The van der Waals surface area contributed by atoms with Crippen molar-refractivity contribution < 1.29 is 48.5 Å². The maximum absolute atomic E-state index is 11.8. The van der Waals surface area contributed by atoms with E-state index in [1.165, 1.54) is 0 Å². The second kappa shape index (κ2) is 26.4. The predicted molar refractivity (Wildman–Crippen MR) is 148 cm³/mol. The smallest absolute Gasteiger partial charge is 0.313 e. The minimum atomic E-state index is -0.756. The Kier molecular flexibility index (Phi) is 24.6. The molecule has 0 aromatic rings. The number of carbonyl (C=O) groups is 6. The van der Waals surface area contributed by atoms with Crippen molar-refractivity contribution in [2.75, 3.05) is 0 Å². The number of esters is 4. The highest BCUT2D eigenvalue weighted by Crippen LogP contribution is 2.13. The summed E-state index contributed by atoms with van der Waals surface area (Å²) >= 11 is 0. The van der Waals surface area contributed by atoms with Gasteiger partial charge in [-0.2, -0.15) is 0 Å². The maximum atomic E-state index is 11.8. The van der Waals surface area contributed by atoms with Gasteiger partial charge in [-0.05, 0) is 38.5 Å². The van der Waals surface area contributed by atoms with Gasteiger partial charge in [-0.1, -0.05) is 77.0 Å². The Bertz CT molecular complexity index is 685. The highest BCUT2D eigenvalue weighted by Gasteiger charge is 2.13. The summed E-state index contributed by atoms with van der Waals surface area (Å²) in [6, 6.07) is 0. The number of unbranched alkanes of at least 4 members (excludes halogenated alkanes) is 15. The van der Waals surface area contributed by atoms with Gasteiger partial charge in [0.05, 0.1) is 0 Å². The first-order valence-corrected chi connectivity index (χ1v) is 15.1. The molecule has 0 aliphatic carbocycles. The molecule has 0 aromatic carbocycles. The molecule has 0 radical (unpaired) electrons. The van der Waals surface area contributed by atoms with Crippen molar-refractivity contribution >= 4 is 35.8 Å². The summed E-state index contributed by atoms with van der Waals surface area (Å²) in [7, 11) is 0. The molecule has 230 valence electrons. The number of carboxylic acid groups (broad SMARTS) is 2. The Morgan fingerprint density at radius 1 is 0.300 bits per heavy atom. The van der Waals surface area contributed by atoms with Gasteiger partial charge in [0.15, 0.2) is 0 Å². The van der Waals surface area contributed by atoms with Crippen molar-refractivity contribution in [3.63, 3.8) is 0 Å². The molecule has 0 spiro atoms. The lowest BCUT2D eigenvalue weighted by Gasteiger charge is -2.05. The fourth-order valence-electron chi connectivity index (χ4n) is 4.21. The number of aliphatic carboxylic acids is 2. The highest BCUT2D eigenvalue weighted by atomic mass is 16.6. The second-order valence-electron chi connectivity index (χ2n) is 10.3. The Labute approximate surface area is 238 Å². The molecule has 0 unspecified atom stereocenters. The molecule has 0 aliphatic heterocycles. The van der Waals surface area contributed by atoms with Crippen molar-refractivity contribution in [3.05, 3.63) is 0 Å². The zero-order valence-electron chi connectivity index (χ0n) is 24.1. The van der Waals surface area contributed by atoms with Crippen molar-refractivity contribution in [2.24, 2.45) is 0 Å². The molecule has 0 aromatic heterocycles. The molecule has 0 saturated heterocycles. The third-order valence-electron chi connectivity index (χ3n) is 6.51. The first-order valence-electron chi connectivity index (χ1n) is 15.1. The Balaban J connectivity index is 3.56. The lowest BCUT2D eigenvalue weighted by atomic mass is 10.1. The molecular weight excluding hydrogens is 520 g/mol. The molecule has 0 aliphatic rings. The number of carboxylic acids is 2. The SMILES string of the molecule is O=C(O)CCCCCCCCCCC(=O)OC(=O)CCCCC(=O)OC(=O)CCCCCCCCCCC(=O)O. The largest absolute Gasteiger partial charge is 0.481 e. The van der Waals surface area contributed by atoms with E-state index in [9.17, 15) is 28.8 Å². The summed E-state index contributed by atoms with van der Waals surface area (Å²) in [6.07, 6.45) is 16.1. The summed E-state index contributed by atoms with van der Waals surface area (Å²) in [5.41, 5.74) is 0. The number of hydrogen-bond acceptors (Lipinski definition) is 8. The van der Waals surface area contributed by atoms with Crippen LogP contribution in [0.5, 0.6) is 0 Å². The molecule has 0 atom stereocenters. The number of rotatable bonds is 27. The van der Waals surface area contributed by atoms with Gasteiger partial charge in [-0.15, -0.1) is 0 Å². The Morgan fingerprint density at radius 2 is 0.475 bits per heavy atom. The van der Waals surface area contributed by atoms with Crippen molar-refractivity contribution in [2.45, 2.75) is 154 Å². The summed E-state index contributed by atoms with van der Waals surface area (Å²) < 4.78 is 9.60. The summed E-state index contributed by atoms with van der Waals surface area (Å²) in [4.78, 5) is 68.0. The maximum Gasteiger partial charge on any atom is 0.313 e. The number of hydrogen-bond donors (Lipinski definition) is 2. The van der Waals surface area contributed by atoms with Gasteiger partial charge < -0.3 is 19.7 Å². The van der Waals surface area contributed by atoms with E-state index >= 15 is 0 Å². The summed E-state index contributed by atoms with van der Waals surface area (Å²) in [5.74, 6) is -3.83. The van der Waals surface area contributed by atoms with Crippen LogP contribution in [0.2, 0.25) is 0 Å². The summed E-state index contributed by atoms with van der Waals surface area (Å²) in [5, 5.41) is 17.2. The van der Waals surface area contributed by atoms with Crippen molar-refractivity contribution in [1.29, 1.82) is 0 Å². The second-order valence-corrected chi connectivity index (χ2v) is 10.3. The first-order chi connectivity index (χ1) is 19.2. The molecule has 0 fully saturated rings. The van der Waals surface area contributed by atoms with Crippen LogP contribution >= 0.6 is 0 Å². The monoisotopic (exact) mass is 570 g/mol. The molecule has 0 rings (SSSR count). The molecular formula is C30H50O10. The Morgan fingerprint density at radius 3 is 0.700 bits per heavy atom. The van der Waals surface area contributed by atoms with Crippen molar-refractivity contribution in [3.8, 4) is 0 Å². The standard InChI is InChI=1S/C30H50O10/c31-25(32)19-13-9-5-1-3-7-11-15-21-27(35)39-29(37)23-17-18-24-30(38)40-28(36)22-16-12-8-4-2-6-10-14-20-26(33)34/h1-24H2,(H,31,32)(H,33,34). The zero-order valence-corrected chi connectivity index (χ0v) is 24.1. The van der Waals surface area contributed by atoms with Crippen LogP contribution in [0.15, 0.2) is 0 Å². The highest BCUT2D eigenvalue weighted by molar-refractivity contribution is 5.86.